The van der Waals surface area contributed by atoms with Gasteiger partial charge in [-0.2, -0.15) is 0 Å². The summed E-state index contributed by atoms with van der Waals surface area (Å²) in [6.07, 6.45) is 0. The van der Waals surface area contributed by atoms with Crippen LogP contribution in [0.1, 0.15) is 0 Å². The summed E-state index contributed by atoms with van der Waals surface area (Å²) in [6, 6.07) is 0. The smallest absolute Gasteiger partial charge is 0.308 e. The van der Waals surface area contributed by atoms with E-state index in [1.165, 1.54) is 0 Å². The van der Waals surface area contributed by atoms with Crippen molar-refractivity contribution in [2.45, 2.75) is 0 Å². The van der Waals surface area contributed by atoms with Crippen molar-refractivity contribution >= 4 is 11.9 Å². The standard InChI is InChI=1S/C8H14N2O4/c9-1-2-10-3-5(7(11)12)6(4-10)8(13)14/h5-6H,1-4,9H2,(H,11,12)(H,13,14). The number of carbonyl (C=O) groups is 2. The number of carboxylic acid groups (broad SMARTS) is 2. The summed E-state index contributed by atoms with van der Waals surface area (Å²) < 4.78 is 0. The summed E-state index contributed by atoms with van der Waals surface area (Å²) in [5.41, 5.74) is 5.31. The molecule has 6 heteroatoms. The molecule has 1 fully saturated rings. The molecule has 1 aliphatic heterocycles. The molecule has 0 saturated carbocycles. The van der Waals surface area contributed by atoms with Crippen LogP contribution < -0.4 is 5.73 Å². The predicted octanol–water partition coefficient (Wildman–Crippen LogP) is -1.34. The number of likely N-dealkylation sites (tertiary alicyclic amines) is 1. The Labute approximate surface area is 81.3 Å². The zero-order valence-corrected chi connectivity index (χ0v) is 7.72. The Hall–Kier alpha value is -1.14. The van der Waals surface area contributed by atoms with Crippen molar-refractivity contribution in [3.63, 3.8) is 0 Å². The minimum Gasteiger partial charge on any atom is -0.481 e. The molecule has 1 aliphatic rings. The van der Waals surface area contributed by atoms with Gasteiger partial charge in [0.05, 0.1) is 11.8 Å². The number of carboxylic acids is 2. The molecule has 2 atom stereocenters. The zero-order chi connectivity index (χ0) is 10.7. The van der Waals surface area contributed by atoms with E-state index in [0.29, 0.717) is 13.1 Å². The summed E-state index contributed by atoms with van der Waals surface area (Å²) in [6.45, 7) is 1.53. The molecule has 2 unspecified atom stereocenters. The number of nitrogens with zero attached hydrogens (tertiary/aromatic N) is 1. The van der Waals surface area contributed by atoms with Gasteiger partial charge in [0.2, 0.25) is 0 Å². The molecule has 0 radical (unpaired) electrons. The van der Waals surface area contributed by atoms with E-state index in [4.69, 9.17) is 15.9 Å². The maximum atomic E-state index is 10.7. The van der Waals surface area contributed by atoms with E-state index in [-0.39, 0.29) is 13.1 Å². The number of rotatable bonds is 4. The van der Waals surface area contributed by atoms with Gasteiger partial charge >= 0.3 is 11.9 Å². The second-order valence-corrected chi connectivity index (χ2v) is 3.44. The molecular weight excluding hydrogens is 188 g/mol. The fourth-order valence-corrected chi connectivity index (χ4v) is 1.75. The van der Waals surface area contributed by atoms with Gasteiger partial charge in [0.15, 0.2) is 0 Å². The summed E-state index contributed by atoms with van der Waals surface area (Å²) in [7, 11) is 0. The van der Waals surface area contributed by atoms with E-state index >= 15 is 0 Å². The lowest BCUT2D eigenvalue weighted by Gasteiger charge is -2.12. The molecule has 0 aliphatic carbocycles. The Morgan fingerprint density at radius 2 is 1.64 bits per heavy atom. The lowest BCUT2D eigenvalue weighted by atomic mass is 9.97. The van der Waals surface area contributed by atoms with Gasteiger partial charge in [-0.25, -0.2) is 0 Å². The second kappa shape index (κ2) is 4.39. The third-order valence-electron chi connectivity index (χ3n) is 2.48. The molecule has 0 spiro atoms. The topological polar surface area (TPSA) is 104 Å². The van der Waals surface area contributed by atoms with Crippen LogP contribution >= 0.6 is 0 Å². The van der Waals surface area contributed by atoms with Gasteiger partial charge in [-0.3, -0.25) is 9.59 Å². The van der Waals surface area contributed by atoms with Crippen molar-refractivity contribution in [3.05, 3.63) is 0 Å². The minimum atomic E-state index is -1.04. The van der Waals surface area contributed by atoms with Gasteiger partial charge in [0.25, 0.3) is 0 Å². The quantitative estimate of drug-likeness (QED) is 0.521. The van der Waals surface area contributed by atoms with Crippen molar-refractivity contribution in [1.29, 1.82) is 0 Å². The van der Waals surface area contributed by atoms with Crippen molar-refractivity contribution in [2.75, 3.05) is 26.2 Å². The Balaban J connectivity index is 2.65. The summed E-state index contributed by atoms with van der Waals surface area (Å²) in [5.74, 6) is -3.70. The first-order valence-corrected chi connectivity index (χ1v) is 4.44. The summed E-state index contributed by atoms with van der Waals surface area (Å²) >= 11 is 0. The molecule has 0 bridgehead atoms. The average Bonchev–Trinajstić information content (AvgIpc) is 2.49. The van der Waals surface area contributed by atoms with Crippen LogP contribution in [0, 0.1) is 11.8 Å². The van der Waals surface area contributed by atoms with Crippen molar-refractivity contribution < 1.29 is 19.8 Å². The van der Waals surface area contributed by atoms with Crippen LogP contribution in [0.2, 0.25) is 0 Å². The highest BCUT2D eigenvalue weighted by molar-refractivity contribution is 5.81. The Morgan fingerprint density at radius 3 is 1.93 bits per heavy atom. The fraction of sp³-hybridized carbons (Fsp3) is 0.750. The normalized spacial score (nSPS) is 27.8. The molecule has 1 saturated heterocycles. The average molecular weight is 202 g/mol. The zero-order valence-electron chi connectivity index (χ0n) is 7.72. The van der Waals surface area contributed by atoms with E-state index in [2.05, 4.69) is 0 Å². The lowest BCUT2D eigenvalue weighted by Crippen LogP contribution is -2.28. The first-order valence-electron chi connectivity index (χ1n) is 4.44. The summed E-state index contributed by atoms with van der Waals surface area (Å²) in [4.78, 5) is 23.3. The maximum absolute atomic E-state index is 10.7. The molecular formula is C8H14N2O4. The Bertz CT molecular complexity index is 221. The molecule has 14 heavy (non-hydrogen) atoms. The number of hydrogen-bond donors (Lipinski definition) is 3. The van der Waals surface area contributed by atoms with Crippen molar-refractivity contribution in [1.82, 2.24) is 4.90 Å². The molecule has 6 nitrogen and oxygen atoms in total. The maximum Gasteiger partial charge on any atom is 0.308 e. The Kier molecular flexibility index (Phi) is 3.43. The van der Waals surface area contributed by atoms with Crippen molar-refractivity contribution in [2.24, 2.45) is 17.6 Å². The van der Waals surface area contributed by atoms with Crippen molar-refractivity contribution in [3.8, 4) is 0 Å². The molecule has 0 aromatic carbocycles. The van der Waals surface area contributed by atoms with Gasteiger partial charge in [-0.1, -0.05) is 0 Å². The monoisotopic (exact) mass is 202 g/mol. The highest BCUT2D eigenvalue weighted by atomic mass is 16.4. The van der Waals surface area contributed by atoms with Crippen LogP contribution in [0.15, 0.2) is 0 Å². The van der Waals surface area contributed by atoms with Crippen LogP contribution in [-0.2, 0) is 9.59 Å². The lowest BCUT2D eigenvalue weighted by molar-refractivity contribution is -0.151. The summed E-state index contributed by atoms with van der Waals surface area (Å²) in [5, 5.41) is 17.6. The van der Waals surface area contributed by atoms with E-state index in [9.17, 15) is 9.59 Å². The van der Waals surface area contributed by atoms with Gasteiger partial charge in [-0.15, -0.1) is 0 Å². The van der Waals surface area contributed by atoms with Gasteiger partial charge in [-0.05, 0) is 0 Å². The molecule has 1 rings (SSSR count). The molecule has 0 amide bonds. The SMILES string of the molecule is NCCN1CC(C(=O)O)C(C(=O)O)C1. The van der Waals surface area contributed by atoms with Gasteiger partial charge in [0, 0.05) is 26.2 Å². The van der Waals surface area contributed by atoms with E-state index in [0.717, 1.165) is 0 Å². The van der Waals surface area contributed by atoms with Crippen LogP contribution in [-0.4, -0.2) is 53.2 Å². The van der Waals surface area contributed by atoms with Crippen LogP contribution in [0.5, 0.6) is 0 Å². The van der Waals surface area contributed by atoms with E-state index in [1.54, 1.807) is 4.90 Å². The third-order valence-corrected chi connectivity index (χ3v) is 2.48. The molecule has 1 heterocycles. The first kappa shape index (κ1) is 10.9. The van der Waals surface area contributed by atoms with Gasteiger partial charge < -0.3 is 20.8 Å². The number of aliphatic carboxylic acids is 2. The molecule has 0 aromatic heterocycles. The molecule has 0 aromatic rings. The Morgan fingerprint density at radius 1 is 1.21 bits per heavy atom. The van der Waals surface area contributed by atoms with Crippen LogP contribution in [0.4, 0.5) is 0 Å². The fourth-order valence-electron chi connectivity index (χ4n) is 1.75. The van der Waals surface area contributed by atoms with Crippen LogP contribution in [0.3, 0.4) is 0 Å². The minimum absolute atomic E-state index is 0.281. The highest BCUT2D eigenvalue weighted by Gasteiger charge is 2.41. The van der Waals surface area contributed by atoms with Gasteiger partial charge in [0.1, 0.15) is 0 Å². The second-order valence-electron chi connectivity index (χ2n) is 3.44. The first-order chi connectivity index (χ1) is 6.56. The largest absolute Gasteiger partial charge is 0.481 e. The van der Waals surface area contributed by atoms with E-state index < -0.39 is 23.8 Å². The molecule has 80 valence electrons. The third kappa shape index (κ3) is 2.21. The van der Waals surface area contributed by atoms with Crippen LogP contribution in [0.25, 0.3) is 0 Å². The number of hydrogen-bond acceptors (Lipinski definition) is 4. The van der Waals surface area contributed by atoms with E-state index in [1.807, 2.05) is 0 Å². The molecule has 4 N–H and O–H groups in total. The number of nitrogens with two attached hydrogens (primary N) is 1. The predicted molar refractivity (Wildman–Crippen MR) is 47.7 cm³/mol. The highest BCUT2D eigenvalue weighted by Crippen LogP contribution is 2.23.